The highest BCUT2D eigenvalue weighted by atomic mass is 79.9. The molecule has 0 aliphatic heterocycles. The number of ether oxygens (including phenoxy) is 3. The van der Waals surface area contributed by atoms with Crippen LogP contribution >= 0.6 is 15.9 Å². The van der Waals surface area contributed by atoms with Gasteiger partial charge in [0.1, 0.15) is 17.1 Å². The van der Waals surface area contributed by atoms with E-state index in [1.165, 1.54) is 28.8 Å². The molecule has 43 heavy (non-hydrogen) atoms. The molecular weight excluding hydrogens is 619 g/mol. The summed E-state index contributed by atoms with van der Waals surface area (Å²) in [5, 5.41) is 3.57. The van der Waals surface area contributed by atoms with E-state index in [2.05, 4.69) is 26.2 Å². The molecule has 2 aromatic heterocycles. The number of fused-ring (bicyclic) bond motifs is 1. The van der Waals surface area contributed by atoms with E-state index in [1.807, 2.05) is 19.0 Å². The van der Waals surface area contributed by atoms with Crippen molar-refractivity contribution in [2.45, 2.75) is 6.92 Å². The number of nitrogens with zero attached hydrogens (tertiary/aromatic N) is 3. The van der Waals surface area contributed by atoms with E-state index in [0.29, 0.717) is 55.6 Å². The van der Waals surface area contributed by atoms with E-state index in [0.717, 1.165) is 5.39 Å². The van der Waals surface area contributed by atoms with Gasteiger partial charge in [-0.25, -0.2) is 4.39 Å². The van der Waals surface area contributed by atoms with Crippen LogP contribution in [0.3, 0.4) is 0 Å². The van der Waals surface area contributed by atoms with E-state index in [-0.39, 0.29) is 5.56 Å². The number of aromatic nitrogens is 2. The molecule has 11 heteroatoms. The first-order chi connectivity index (χ1) is 20.6. The fourth-order valence-corrected chi connectivity index (χ4v) is 5.01. The van der Waals surface area contributed by atoms with Gasteiger partial charge in [-0.1, -0.05) is 0 Å². The molecular formula is C32H28BrFN4O5. The lowest BCUT2D eigenvalue weighted by molar-refractivity contribution is 0.102. The fourth-order valence-electron chi connectivity index (χ4n) is 4.61. The molecule has 1 N–H and O–H groups in total. The Hall–Kier alpha value is -4.90. The molecule has 0 spiro atoms. The highest BCUT2D eigenvalue weighted by Crippen LogP contribution is 2.39. The molecule has 5 aromatic rings. The lowest BCUT2D eigenvalue weighted by Crippen LogP contribution is -2.30. The molecule has 0 aliphatic rings. The Morgan fingerprint density at radius 1 is 0.953 bits per heavy atom. The first-order valence-corrected chi connectivity index (χ1v) is 13.9. The predicted octanol–water partition coefficient (Wildman–Crippen LogP) is 6.72. The number of carbonyl (C=O) groups is 1. The van der Waals surface area contributed by atoms with Crippen LogP contribution in [-0.4, -0.2) is 43.8 Å². The lowest BCUT2D eigenvalue weighted by atomic mass is 10.1. The number of halogens is 2. The van der Waals surface area contributed by atoms with Gasteiger partial charge in [-0.05, 0) is 83.0 Å². The minimum atomic E-state index is -0.584. The van der Waals surface area contributed by atoms with E-state index in [9.17, 15) is 14.0 Å². The number of nitrogens with one attached hydrogen (secondary N) is 1. The van der Waals surface area contributed by atoms with E-state index in [4.69, 9.17) is 14.2 Å². The number of rotatable bonds is 8. The van der Waals surface area contributed by atoms with Crippen LogP contribution in [0.1, 0.15) is 15.9 Å². The van der Waals surface area contributed by atoms with Crippen LogP contribution < -0.4 is 30.0 Å². The molecule has 0 radical (unpaired) electrons. The van der Waals surface area contributed by atoms with Crippen LogP contribution in [0.25, 0.3) is 16.6 Å². The Morgan fingerprint density at radius 2 is 1.65 bits per heavy atom. The SMILES string of the molecule is COc1cc2nccc(Oc3ccc(NC(=O)c4c(C)c(Br)cn(-c5ccc(F)cc5)c4=O)cc3N(C)C)c2cc1OC. The van der Waals surface area contributed by atoms with Crippen molar-refractivity contribution in [1.29, 1.82) is 0 Å². The van der Waals surface area contributed by atoms with E-state index < -0.39 is 17.3 Å². The number of amides is 1. The van der Waals surface area contributed by atoms with Crippen molar-refractivity contribution >= 4 is 44.1 Å². The number of hydrogen-bond acceptors (Lipinski definition) is 7. The number of pyridine rings is 2. The Labute approximate surface area is 255 Å². The molecule has 0 bridgehead atoms. The predicted molar refractivity (Wildman–Crippen MR) is 168 cm³/mol. The Balaban J connectivity index is 1.48. The van der Waals surface area contributed by atoms with Crippen LogP contribution in [-0.2, 0) is 0 Å². The fraction of sp³-hybridized carbons (Fsp3) is 0.156. The van der Waals surface area contributed by atoms with Crippen molar-refractivity contribution in [2.75, 3.05) is 38.5 Å². The maximum Gasteiger partial charge on any atom is 0.268 e. The molecule has 0 atom stereocenters. The van der Waals surface area contributed by atoms with Crippen molar-refractivity contribution < 1.29 is 23.4 Å². The standard InChI is InChI=1S/C32H28BrFN4O5/c1-18-23(33)17-38(21-9-6-19(34)7-10-21)32(40)30(18)31(39)36-20-8-11-27(25(14-20)37(2)3)43-26-12-13-35-24-16-29(42-5)28(41-4)15-22(24)26/h6-17H,1-5H3,(H,36,39). The summed E-state index contributed by atoms with van der Waals surface area (Å²) in [6, 6.07) is 16.0. The summed E-state index contributed by atoms with van der Waals surface area (Å²) in [5.41, 5.74) is 2.13. The van der Waals surface area contributed by atoms with Gasteiger partial charge in [0.25, 0.3) is 11.5 Å². The topological polar surface area (TPSA) is 94.9 Å². The second-order valence-corrected chi connectivity index (χ2v) is 10.6. The molecule has 2 heterocycles. The molecule has 9 nitrogen and oxygen atoms in total. The third kappa shape index (κ3) is 5.89. The number of anilines is 2. The highest BCUT2D eigenvalue weighted by molar-refractivity contribution is 9.10. The molecule has 0 fully saturated rings. The van der Waals surface area contributed by atoms with Crippen LogP contribution in [0.15, 0.2) is 82.3 Å². The van der Waals surface area contributed by atoms with Gasteiger partial charge in [-0.3, -0.25) is 19.1 Å². The summed E-state index contributed by atoms with van der Waals surface area (Å²) in [5.74, 6) is 1.17. The van der Waals surface area contributed by atoms with Crippen molar-refractivity contribution in [3.8, 4) is 28.7 Å². The van der Waals surface area contributed by atoms with Crippen molar-refractivity contribution in [2.24, 2.45) is 0 Å². The molecule has 0 saturated carbocycles. The molecule has 0 saturated heterocycles. The average molecular weight is 648 g/mol. The summed E-state index contributed by atoms with van der Waals surface area (Å²) < 4.78 is 32.6. The Kier molecular flexibility index (Phi) is 8.36. The monoisotopic (exact) mass is 646 g/mol. The number of carbonyl (C=O) groups excluding carboxylic acids is 1. The molecule has 1 amide bonds. The quantitative estimate of drug-likeness (QED) is 0.200. The number of hydrogen-bond donors (Lipinski definition) is 1. The second-order valence-electron chi connectivity index (χ2n) is 9.80. The zero-order chi connectivity index (χ0) is 30.8. The van der Waals surface area contributed by atoms with Gasteiger partial charge in [0.15, 0.2) is 17.2 Å². The highest BCUT2D eigenvalue weighted by Gasteiger charge is 2.21. The van der Waals surface area contributed by atoms with Gasteiger partial charge in [0, 0.05) is 53.8 Å². The summed E-state index contributed by atoms with van der Waals surface area (Å²) >= 11 is 3.45. The van der Waals surface area contributed by atoms with Gasteiger partial charge >= 0.3 is 0 Å². The van der Waals surface area contributed by atoms with E-state index in [1.54, 1.807) is 69.9 Å². The summed E-state index contributed by atoms with van der Waals surface area (Å²) in [7, 11) is 6.83. The smallest absolute Gasteiger partial charge is 0.268 e. The maximum atomic E-state index is 13.5. The van der Waals surface area contributed by atoms with Gasteiger partial charge in [0.2, 0.25) is 0 Å². The van der Waals surface area contributed by atoms with Gasteiger partial charge in [0.05, 0.1) is 25.4 Å². The van der Waals surface area contributed by atoms with E-state index >= 15 is 0 Å². The van der Waals surface area contributed by atoms with Crippen molar-refractivity contribution in [1.82, 2.24) is 9.55 Å². The van der Waals surface area contributed by atoms with Crippen molar-refractivity contribution in [3.05, 3.63) is 105 Å². The molecule has 5 rings (SSSR count). The maximum absolute atomic E-state index is 13.5. The molecule has 0 unspecified atom stereocenters. The summed E-state index contributed by atoms with van der Waals surface area (Å²) in [6.45, 7) is 1.68. The summed E-state index contributed by atoms with van der Waals surface area (Å²) in [6.07, 6.45) is 3.21. The first kappa shape index (κ1) is 29.6. The van der Waals surface area contributed by atoms with Crippen molar-refractivity contribution in [3.63, 3.8) is 0 Å². The average Bonchev–Trinajstić information content (AvgIpc) is 2.99. The largest absolute Gasteiger partial charge is 0.493 e. The number of methoxy groups -OCH3 is 2. The lowest BCUT2D eigenvalue weighted by Gasteiger charge is -2.20. The minimum Gasteiger partial charge on any atom is -0.493 e. The summed E-state index contributed by atoms with van der Waals surface area (Å²) in [4.78, 5) is 33.2. The first-order valence-electron chi connectivity index (χ1n) is 13.1. The zero-order valence-corrected chi connectivity index (χ0v) is 25.7. The minimum absolute atomic E-state index is 0.0435. The normalized spacial score (nSPS) is 10.9. The van der Waals surface area contributed by atoms with Crippen LogP contribution in [0.2, 0.25) is 0 Å². The number of benzene rings is 3. The third-order valence-corrected chi connectivity index (χ3v) is 7.67. The third-order valence-electron chi connectivity index (χ3n) is 6.87. The second kappa shape index (κ2) is 12.1. The van der Waals surface area contributed by atoms with Gasteiger partial charge < -0.3 is 24.4 Å². The molecule has 3 aromatic carbocycles. The molecule has 0 aliphatic carbocycles. The Morgan fingerprint density at radius 3 is 2.33 bits per heavy atom. The van der Waals surface area contributed by atoms with Gasteiger partial charge in [-0.15, -0.1) is 0 Å². The van der Waals surface area contributed by atoms with Gasteiger partial charge in [-0.2, -0.15) is 0 Å². The van der Waals surface area contributed by atoms with Crippen LogP contribution in [0.5, 0.6) is 23.0 Å². The Bertz CT molecular complexity index is 1910. The van der Waals surface area contributed by atoms with Crippen LogP contribution in [0.4, 0.5) is 15.8 Å². The molecule has 220 valence electrons. The zero-order valence-electron chi connectivity index (χ0n) is 24.1. The van der Waals surface area contributed by atoms with Crippen LogP contribution in [0, 0.1) is 12.7 Å².